The van der Waals surface area contributed by atoms with E-state index in [4.69, 9.17) is 14.2 Å². The Morgan fingerprint density at radius 2 is 1.81 bits per heavy atom. The summed E-state index contributed by atoms with van der Waals surface area (Å²) >= 11 is 0. The van der Waals surface area contributed by atoms with Crippen LogP contribution in [0, 0.1) is 0 Å². The second-order valence-electron chi connectivity index (χ2n) is 7.18. The van der Waals surface area contributed by atoms with Crippen LogP contribution in [0.1, 0.15) is 12.5 Å². The van der Waals surface area contributed by atoms with Gasteiger partial charge in [0.15, 0.2) is 0 Å². The number of aromatic amines is 1. The Balaban J connectivity index is 0.00000341. The van der Waals surface area contributed by atoms with E-state index in [0.717, 1.165) is 28.9 Å². The highest BCUT2D eigenvalue weighted by Crippen LogP contribution is 2.25. The zero-order chi connectivity index (χ0) is 21.5. The minimum Gasteiger partial charge on any atom is -0.497 e. The van der Waals surface area contributed by atoms with Gasteiger partial charge in [0.1, 0.15) is 30.0 Å². The van der Waals surface area contributed by atoms with E-state index in [-0.39, 0.29) is 30.6 Å². The lowest BCUT2D eigenvalue weighted by Crippen LogP contribution is -2.37. The van der Waals surface area contributed by atoms with Gasteiger partial charge in [-0.25, -0.2) is 0 Å². The molecule has 168 valence electrons. The molecule has 0 radical (unpaired) electrons. The van der Waals surface area contributed by atoms with E-state index in [1.54, 1.807) is 26.4 Å². The van der Waals surface area contributed by atoms with Crippen LogP contribution in [0.3, 0.4) is 0 Å². The number of methoxy groups -OCH3 is 2. The zero-order valence-electron chi connectivity index (χ0n) is 17.9. The summed E-state index contributed by atoms with van der Waals surface area (Å²) in [6.45, 7) is 2.54. The first-order chi connectivity index (χ1) is 14.5. The molecule has 0 aliphatic heterocycles. The Labute approximate surface area is 187 Å². The predicted molar refractivity (Wildman–Crippen MR) is 124 cm³/mol. The highest BCUT2D eigenvalue weighted by molar-refractivity contribution is 5.87. The molecule has 31 heavy (non-hydrogen) atoms. The van der Waals surface area contributed by atoms with Crippen LogP contribution in [0.15, 0.2) is 53.5 Å². The smallest absolute Gasteiger partial charge is 0.256 e. The first kappa shape index (κ1) is 24.5. The maximum atomic E-state index is 11.9. The van der Waals surface area contributed by atoms with Crippen molar-refractivity contribution in [2.75, 3.05) is 27.4 Å². The number of ether oxygens (including phenoxy) is 3. The summed E-state index contributed by atoms with van der Waals surface area (Å²) < 4.78 is 16.4. The van der Waals surface area contributed by atoms with Crippen LogP contribution in [0.25, 0.3) is 10.8 Å². The Morgan fingerprint density at radius 1 is 1.06 bits per heavy atom. The van der Waals surface area contributed by atoms with Crippen molar-refractivity contribution in [2.24, 2.45) is 0 Å². The number of aliphatic hydroxyl groups is 1. The molecule has 2 atom stereocenters. The van der Waals surface area contributed by atoms with E-state index < -0.39 is 6.10 Å². The van der Waals surface area contributed by atoms with Gasteiger partial charge in [0.2, 0.25) is 0 Å². The number of H-pyrrole nitrogens is 1. The molecule has 7 nitrogen and oxygen atoms in total. The van der Waals surface area contributed by atoms with Crippen LogP contribution in [-0.4, -0.2) is 49.6 Å². The SMILES string of the molecule is COc1ccc(CC(C)NCC(O)COc2c[nH]c(=O)c3ccccc23)c(OC)c1.Cl. The molecule has 3 rings (SSSR count). The van der Waals surface area contributed by atoms with E-state index in [0.29, 0.717) is 17.7 Å². The number of aromatic nitrogens is 1. The molecule has 1 heterocycles. The van der Waals surface area contributed by atoms with Crippen molar-refractivity contribution in [2.45, 2.75) is 25.5 Å². The summed E-state index contributed by atoms with van der Waals surface area (Å²) in [7, 11) is 3.26. The third-order valence-corrected chi connectivity index (χ3v) is 4.93. The van der Waals surface area contributed by atoms with E-state index in [9.17, 15) is 9.90 Å². The molecule has 0 bridgehead atoms. The quantitative estimate of drug-likeness (QED) is 0.441. The van der Waals surface area contributed by atoms with E-state index in [2.05, 4.69) is 10.3 Å². The summed E-state index contributed by atoms with van der Waals surface area (Å²) in [5.74, 6) is 2.07. The van der Waals surface area contributed by atoms with E-state index >= 15 is 0 Å². The summed E-state index contributed by atoms with van der Waals surface area (Å²) in [4.78, 5) is 14.6. The molecule has 2 unspecified atom stereocenters. The Kier molecular flexibility index (Phi) is 9.18. The van der Waals surface area contributed by atoms with Gasteiger partial charge in [-0.05, 0) is 31.0 Å². The van der Waals surface area contributed by atoms with Crippen LogP contribution in [0.4, 0.5) is 0 Å². The number of hydrogen-bond acceptors (Lipinski definition) is 6. The largest absolute Gasteiger partial charge is 0.497 e. The van der Waals surface area contributed by atoms with Crippen molar-refractivity contribution in [3.8, 4) is 17.2 Å². The first-order valence-corrected chi connectivity index (χ1v) is 9.87. The number of nitrogens with one attached hydrogen (secondary N) is 2. The van der Waals surface area contributed by atoms with Crippen molar-refractivity contribution < 1.29 is 19.3 Å². The van der Waals surface area contributed by atoms with Crippen LogP contribution in [0.2, 0.25) is 0 Å². The molecule has 0 aliphatic carbocycles. The number of fused-ring (bicyclic) bond motifs is 1. The topological polar surface area (TPSA) is 92.8 Å². The molecule has 0 amide bonds. The van der Waals surface area contributed by atoms with Gasteiger partial charge >= 0.3 is 0 Å². The van der Waals surface area contributed by atoms with Crippen molar-refractivity contribution >= 4 is 23.2 Å². The van der Waals surface area contributed by atoms with Gasteiger partial charge in [0.25, 0.3) is 5.56 Å². The monoisotopic (exact) mass is 448 g/mol. The van der Waals surface area contributed by atoms with Crippen LogP contribution < -0.4 is 25.1 Å². The maximum absolute atomic E-state index is 11.9. The number of rotatable bonds is 10. The minimum atomic E-state index is -0.698. The normalized spacial score (nSPS) is 12.6. The second-order valence-corrected chi connectivity index (χ2v) is 7.18. The summed E-state index contributed by atoms with van der Waals surface area (Å²) in [6.07, 6.45) is 1.57. The molecule has 0 fully saturated rings. The van der Waals surface area contributed by atoms with E-state index in [1.165, 1.54) is 6.20 Å². The Hall–Kier alpha value is -2.74. The molecule has 3 aromatic rings. The fourth-order valence-corrected chi connectivity index (χ4v) is 3.31. The molecular weight excluding hydrogens is 420 g/mol. The summed E-state index contributed by atoms with van der Waals surface area (Å²) in [6, 6.07) is 13.1. The second kappa shape index (κ2) is 11.6. The van der Waals surface area contributed by atoms with Crippen molar-refractivity contribution in [3.63, 3.8) is 0 Å². The molecule has 0 aliphatic rings. The van der Waals surface area contributed by atoms with Gasteiger partial charge in [-0.3, -0.25) is 4.79 Å². The van der Waals surface area contributed by atoms with Gasteiger partial charge in [0.05, 0.1) is 19.6 Å². The molecule has 3 N–H and O–H groups in total. The number of hydrogen-bond donors (Lipinski definition) is 3. The molecule has 0 saturated heterocycles. The lowest BCUT2D eigenvalue weighted by molar-refractivity contribution is 0.104. The highest BCUT2D eigenvalue weighted by atomic mass is 35.5. The fraction of sp³-hybridized carbons (Fsp3) is 0.348. The molecule has 2 aromatic carbocycles. The number of benzene rings is 2. The van der Waals surface area contributed by atoms with Crippen LogP contribution in [0.5, 0.6) is 17.2 Å². The van der Waals surface area contributed by atoms with Crippen molar-refractivity contribution in [1.82, 2.24) is 10.3 Å². The summed E-state index contributed by atoms with van der Waals surface area (Å²) in [5, 5.41) is 14.9. The molecule has 0 spiro atoms. The number of pyridine rings is 1. The van der Waals surface area contributed by atoms with Gasteiger partial charge in [-0.1, -0.05) is 24.3 Å². The molecule has 8 heteroatoms. The highest BCUT2D eigenvalue weighted by Gasteiger charge is 2.13. The number of aliphatic hydroxyl groups excluding tert-OH is 1. The van der Waals surface area contributed by atoms with Gasteiger partial charge < -0.3 is 29.6 Å². The van der Waals surface area contributed by atoms with Crippen LogP contribution in [-0.2, 0) is 6.42 Å². The van der Waals surface area contributed by atoms with Gasteiger partial charge in [0, 0.05) is 30.2 Å². The zero-order valence-corrected chi connectivity index (χ0v) is 18.7. The summed E-state index contributed by atoms with van der Waals surface area (Å²) in [5.41, 5.74) is 0.895. The lowest BCUT2D eigenvalue weighted by Gasteiger charge is -2.19. The molecular formula is C23H29ClN2O5. The van der Waals surface area contributed by atoms with Crippen LogP contribution >= 0.6 is 12.4 Å². The third-order valence-electron chi connectivity index (χ3n) is 4.93. The van der Waals surface area contributed by atoms with Crippen molar-refractivity contribution in [3.05, 3.63) is 64.6 Å². The Morgan fingerprint density at radius 3 is 2.52 bits per heavy atom. The molecule has 0 saturated carbocycles. The van der Waals surface area contributed by atoms with E-state index in [1.807, 2.05) is 37.3 Å². The van der Waals surface area contributed by atoms with Gasteiger partial charge in [-0.2, -0.15) is 0 Å². The molecule has 1 aromatic heterocycles. The lowest BCUT2D eigenvalue weighted by atomic mass is 10.1. The minimum absolute atomic E-state index is 0. The average molecular weight is 449 g/mol. The standard InChI is InChI=1S/C23H28N2O5.ClH/c1-15(10-16-8-9-18(28-2)11-21(16)29-3)24-12-17(26)14-30-22-13-25-23(27)20-7-5-4-6-19(20)22;/h4-9,11,13,15,17,24,26H,10,12,14H2,1-3H3,(H,25,27);1H. The Bertz CT molecular complexity index is 1040. The third kappa shape index (κ3) is 6.37. The first-order valence-electron chi connectivity index (χ1n) is 9.87. The number of halogens is 1. The average Bonchev–Trinajstić information content (AvgIpc) is 2.77. The predicted octanol–water partition coefficient (Wildman–Crippen LogP) is 2.93. The fourth-order valence-electron chi connectivity index (χ4n) is 3.31. The van der Waals surface area contributed by atoms with Crippen molar-refractivity contribution in [1.29, 1.82) is 0 Å². The van der Waals surface area contributed by atoms with Gasteiger partial charge in [-0.15, -0.1) is 12.4 Å². The maximum Gasteiger partial charge on any atom is 0.256 e.